The summed E-state index contributed by atoms with van der Waals surface area (Å²) in [6.07, 6.45) is 1.58. The van der Waals surface area contributed by atoms with Gasteiger partial charge in [0, 0.05) is 11.9 Å². The Kier molecular flexibility index (Phi) is 3.50. The van der Waals surface area contributed by atoms with E-state index < -0.39 is 17.5 Å². The van der Waals surface area contributed by atoms with E-state index >= 15 is 0 Å². The number of carbonyl (C=O) groups excluding carboxylic acids is 1. The molecule has 0 aliphatic heterocycles. The Morgan fingerprint density at radius 3 is 2.82 bits per heavy atom. The number of aryl methyl sites for hydroxylation is 1. The van der Waals surface area contributed by atoms with Gasteiger partial charge in [-0.05, 0) is 30.7 Å². The van der Waals surface area contributed by atoms with Crippen LogP contribution in [0.15, 0.2) is 30.5 Å². The second-order valence-electron chi connectivity index (χ2n) is 4.74. The molecule has 1 N–H and O–H groups in total. The van der Waals surface area contributed by atoms with Crippen LogP contribution in [-0.4, -0.2) is 25.5 Å². The van der Waals surface area contributed by atoms with Crippen LogP contribution in [0.25, 0.3) is 5.78 Å². The SMILES string of the molecule is Cc1ccn2c(NC(=O)Cc3ccc(F)c(F)c3)nnc2n1. The number of nitrogens with zero attached hydrogens (tertiary/aromatic N) is 4. The number of fused-ring (bicyclic) bond motifs is 1. The molecule has 112 valence electrons. The van der Waals surface area contributed by atoms with Gasteiger partial charge in [-0.25, -0.2) is 13.8 Å². The molecule has 1 amide bonds. The highest BCUT2D eigenvalue weighted by molar-refractivity contribution is 5.90. The smallest absolute Gasteiger partial charge is 0.256 e. The van der Waals surface area contributed by atoms with Crippen molar-refractivity contribution in [3.63, 3.8) is 0 Å². The standard InChI is InChI=1S/C14H11F2N5O/c1-8-4-5-21-13(17-8)19-20-14(21)18-12(22)7-9-2-3-10(15)11(16)6-9/h2-6H,7H2,1H3,(H,18,20,22). The number of amides is 1. The van der Waals surface area contributed by atoms with Crippen molar-refractivity contribution in [3.8, 4) is 0 Å². The van der Waals surface area contributed by atoms with E-state index in [4.69, 9.17) is 0 Å². The maximum absolute atomic E-state index is 13.1. The summed E-state index contributed by atoms with van der Waals surface area (Å²) in [5.74, 6) is -1.77. The maximum atomic E-state index is 13.1. The molecule has 1 aromatic carbocycles. The van der Waals surface area contributed by atoms with E-state index in [1.54, 1.807) is 12.3 Å². The molecular formula is C14H11F2N5O. The highest BCUT2D eigenvalue weighted by Crippen LogP contribution is 2.11. The molecule has 0 saturated heterocycles. The van der Waals surface area contributed by atoms with Crippen LogP contribution < -0.4 is 5.32 Å². The van der Waals surface area contributed by atoms with Gasteiger partial charge in [-0.3, -0.25) is 14.5 Å². The monoisotopic (exact) mass is 303 g/mol. The fourth-order valence-corrected chi connectivity index (χ4v) is 1.96. The van der Waals surface area contributed by atoms with Crippen molar-refractivity contribution < 1.29 is 13.6 Å². The van der Waals surface area contributed by atoms with E-state index in [1.807, 2.05) is 6.92 Å². The zero-order chi connectivity index (χ0) is 15.7. The minimum Gasteiger partial charge on any atom is -0.294 e. The van der Waals surface area contributed by atoms with Crippen LogP contribution in [0.2, 0.25) is 0 Å². The molecule has 2 aromatic heterocycles. The van der Waals surface area contributed by atoms with Crippen molar-refractivity contribution in [2.45, 2.75) is 13.3 Å². The highest BCUT2D eigenvalue weighted by Gasteiger charge is 2.12. The Hall–Kier alpha value is -2.90. The molecule has 0 atom stereocenters. The first-order valence-corrected chi connectivity index (χ1v) is 6.45. The number of aromatic nitrogens is 4. The van der Waals surface area contributed by atoms with Gasteiger partial charge in [-0.1, -0.05) is 6.07 Å². The molecule has 0 unspecified atom stereocenters. The van der Waals surface area contributed by atoms with Crippen molar-refractivity contribution in [1.29, 1.82) is 0 Å². The van der Waals surface area contributed by atoms with Crippen LogP contribution in [0.4, 0.5) is 14.7 Å². The average Bonchev–Trinajstić information content (AvgIpc) is 2.85. The minimum absolute atomic E-state index is 0.106. The van der Waals surface area contributed by atoms with E-state index in [9.17, 15) is 13.6 Å². The summed E-state index contributed by atoms with van der Waals surface area (Å²) in [6, 6.07) is 5.07. The molecule has 8 heteroatoms. The molecule has 0 radical (unpaired) electrons. The Bertz CT molecular complexity index is 862. The third-order valence-corrected chi connectivity index (χ3v) is 3.02. The van der Waals surface area contributed by atoms with Crippen LogP contribution in [-0.2, 0) is 11.2 Å². The molecule has 3 rings (SSSR count). The first-order chi connectivity index (χ1) is 10.5. The first kappa shape index (κ1) is 14.1. The summed E-state index contributed by atoms with van der Waals surface area (Å²) in [5.41, 5.74) is 1.14. The van der Waals surface area contributed by atoms with Gasteiger partial charge in [0.25, 0.3) is 5.78 Å². The van der Waals surface area contributed by atoms with Gasteiger partial charge in [-0.15, -0.1) is 10.2 Å². The number of carbonyl (C=O) groups is 1. The molecule has 6 nitrogen and oxygen atoms in total. The third-order valence-electron chi connectivity index (χ3n) is 3.02. The fraction of sp³-hybridized carbons (Fsp3) is 0.143. The average molecular weight is 303 g/mol. The summed E-state index contributed by atoms with van der Waals surface area (Å²) in [6.45, 7) is 1.82. The van der Waals surface area contributed by atoms with Gasteiger partial charge >= 0.3 is 0 Å². The summed E-state index contributed by atoms with van der Waals surface area (Å²) in [5, 5.41) is 10.2. The van der Waals surface area contributed by atoms with E-state index in [0.717, 1.165) is 17.8 Å². The van der Waals surface area contributed by atoms with Crippen LogP contribution >= 0.6 is 0 Å². The molecule has 22 heavy (non-hydrogen) atoms. The van der Waals surface area contributed by atoms with Gasteiger partial charge in [0.05, 0.1) is 6.42 Å². The second kappa shape index (κ2) is 5.47. The van der Waals surface area contributed by atoms with Gasteiger partial charge < -0.3 is 0 Å². The number of benzene rings is 1. The van der Waals surface area contributed by atoms with Crippen LogP contribution in [0, 0.1) is 18.6 Å². The van der Waals surface area contributed by atoms with Gasteiger partial charge in [-0.2, -0.15) is 0 Å². The van der Waals surface area contributed by atoms with Crippen LogP contribution in [0.5, 0.6) is 0 Å². The molecule has 0 fully saturated rings. The first-order valence-electron chi connectivity index (χ1n) is 6.45. The molecule has 0 aliphatic rings. The number of halogens is 2. The van der Waals surface area contributed by atoms with Crippen molar-refractivity contribution in [3.05, 3.63) is 53.4 Å². The Morgan fingerprint density at radius 1 is 1.23 bits per heavy atom. The molecule has 3 aromatic rings. The number of hydrogen-bond donors (Lipinski definition) is 1. The van der Waals surface area contributed by atoms with E-state index in [1.165, 1.54) is 10.5 Å². The van der Waals surface area contributed by atoms with E-state index in [0.29, 0.717) is 11.3 Å². The Balaban J connectivity index is 1.76. The number of rotatable bonds is 3. The topological polar surface area (TPSA) is 72.2 Å². The zero-order valence-electron chi connectivity index (χ0n) is 11.5. The molecule has 0 spiro atoms. The van der Waals surface area contributed by atoms with E-state index in [-0.39, 0.29) is 12.4 Å². The minimum atomic E-state index is -0.988. The third kappa shape index (κ3) is 2.76. The molecule has 0 bridgehead atoms. The van der Waals surface area contributed by atoms with Gasteiger partial charge in [0.1, 0.15) is 0 Å². The molecular weight excluding hydrogens is 292 g/mol. The Morgan fingerprint density at radius 2 is 2.05 bits per heavy atom. The predicted molar refractivity (Wildman–Crippen MR) is 74.2 cm³/mol. The van der Waals surface area contributed by atoms with Crippen molar-refractivity contribution >= 4 is 17.6 Å². The predicted octanol–water partition coefficient (Wildman–Crippen LogP) is 1.89. The summed E-state index contributed by atoms with van der Waals surface area (Å²) < 4.78 is 27.5. The van der Waals surface area contributed by atoms with Gasteiger partial charge in [0.2, 0.25) is 11.9 Å². The van der Waals surface area contributed by atoms with E-state index in [2.05, 4.69) is 20.5 Å². The number of nitrogens with one attached hydrogen (secondary N) is 1. The Labute approximate surface area is 123 Å². The lowest BCUT2D eigenvalue weighted by Gasteiger charge is -2.04. The lowest BCUT2D eigenvalue weighted by atomic mass is 10.1. The fourth-order valence-electron chi connectivity index (χ4n) is 1.96. The van der Waals surface area contributed by atoms with Crippen LogP contribution in [0.1, 0.15) is 11.3 Å². The van der Waals surface area contributed by atoms with Crippen molar-refractivity contribution in [1.82, 2.24) is 19.6 Å². The molecule has 2 heterocycles. The summed E-state index contributed by atoms with van der Waals surface area (Å²) in [4.78, 5) is 16.1. The lowest BCUT2D eigenvalue weighted by molar-refractivity contribution is -0.115. The normalized spacial score (nSPS) is 10.9. The number of hydrogen-bond acceptors (Lipinski definition) is 4. The van der Waals surface area contributed by atoms with Crippen molar-refractivity contribution in [2.75, 3.05) is 5.32 Å². The van der Waals surface area contributed by atoms with Crippen molar-refractivity contribution in [2.24, 2.45) is 0 Å². The highest BCUT2D eigenvalue weighted by atomic mass is 19.2. The molecule has 0 saturated carbocycles. The largest absolute Gasteiger partial charge is 0.294 e. The zero-order valence-corrected chi connectivity index (χ0v) is 11.5. The van der Waals surface area contributed by atoms with Crippen LogP contribution in [0.3, 0.4) is 0 Å². The van der Waals surface area contributed by atoms with Gasteiger partial charge in [0.15, 0.2) is 11.6 Å². The maximum Gasteiger partial charge on any atom is 0.256 e. The molecule has 0 aliphatic carbocycles. The summed E-state index contributed by atoms with van der Waals surface area (Å²) >= 11 is 0. The number of anilines is 1. The summed E-state index contributed by atoms with van der Waals surface area (Å²) in [7, 11) is 0. The lowest BCUT2D eigenvalue weighted by Crippen LogP contribution is -2.16. The second-order valence-corrected chi connectivity index (χ2v) is 4.74. The quantitative estimate of drug-likeness (QED) is 0.802.